The van der Waals surface area contributed by atoms with Crippen LogP contribution in [0.1, 0.15) is 18.4 Å². The maximum atomic E-state index is 11.2. The van der Waals surface area contributed by atoms with Crippen molar-refractivity contribution in [1.82, 2.24) is 4.90 Å². The molecular weight excluding hydrogens is 282 g/mol. The second-order valence-corrected chi connectivity index (χ2v) is 5.19. The molecule has 1 saturated heterocycles. The average molecular weight is 298 g/mol. The lowest BCUT2D eigenvalue weighted by molar-refractivity contribution is -0.121. The topological polar surface area (TPSA) is 29.5 Å². The van der Waals surface area contributed by atoms with Crippen LogP contribution < -0.4 is 4.74 Å². The largest absolute Gasteiger partial charge is 0.496 e. The molecule has 0 atom stereocenters. The summed E-state index contributed by atoms with van der Waals surface area (Å²) in [5.74, 6) is 1.28. The van der Waals surface area contributed by atoms with Crippen LogP contribution in [-0.4, -0.2) is 30.9 Å². The maximum absolute atomic E-state index is 11.2. The number of hydrogen-bond acceptors (Lipinski definition) is 3. The van der Waals surface area contributed by atoms with Crippen LogP contribution in [0, 0.1) is 0 Å². The molecular formula is C13H16BrNO2. The van der Waals surface area contributed by atoms with E-state index in [0.29, 0.717) is 18.6 Å². The van der Waals surface area contributed by atoms with Crippen LogP contribution >= 0.6 is 15.9 Å². The SMILES string of the molecule is COc1ccc(Br)cc1CN1CCC(=O)CC1. The van der Waals surface area contributed by atoms with E-state index in [1.165, 1.54) is 0 Å². The molecule has 0 bridgehead atoms. The average Bonchev–Trinajstić information content (AvgIpc) is 2.32. The van der Waals surface area contributed by atoms with Crippen molar-refractivity contribution in [2.24, 2.45) is 0 Å². The number of hydrogen-bond donors (Lipinski definition) is 0. The number of ether oxygens (including phenoxy) is 1. The number of halogens is 1. The van der Waals surface area contributed by atoms with Crippen LogP contribution in [0.3, 0.4) is 0 Å². The van der Waals surface area contributed by atoms with Gasteiger partial charge in [0.1, 0.15) is 11.5 Å². The molecule has 1 aromatic rings. The summed E-state index contributed by atoms with van der Waals surface area (Å²) in [6.07, 6.45) is 1.35. The summed E-state index contributed by atoms with van der Waals surface area (Å²) in [5, 5.41) is 0. The van der Waals surface area contributed by atoms with Crippen molar-refractivity contribution in [3.8, 4) is 5.75 Å². The van der Waals surface area contributed by atoms with Crippen LogP contribution in [0.25, 0.3) is 0 Å². The standard InChI is InChI=1S/C13H16BrNO2/c1-17-13-3-2-11(14)8-10(13)9-15-6-4-12(16)5-7-15/h2-3,8H,4-7,9H2,1H3. The monoisotopic (exact) mass is 297 g/mol. The lowest BCUT2D eigenvalue weighted by Gasteiger charge is -2.26. The highest BCUT2D eigenvalue weighted by atomic mass is 79.9. The first kappa shape index (κ1) is 12.6. The Hall–Kier alpha value is -0.870. The number of carbonyl (C=O) groups is 1. The molecule has 0 unspecified atom stereocenters. The Kier molecular flexibility index (Phi) is 4.18. The van der Waals surface area contributed by atoms with Crippen LogP contribution in [0.15, 0.2) is 22.7 Å². The zero-order valence-corrected chi connectivity index (χ0v) is 11.5. The summed E-state index contributed by atoms with van der Waals surface area (Å²) in [5.41, 5.74) is 1.16. The Morgan fingerprint density at radius 3 is 2.71 bits per heavy atom. The summed E-state index contributed by atoms with van der Waals surface area (Å²) in [7, 11) is 1.69. The summed E-state index contributed by atoms with van der Waals surface area (Å²) in [6.45, 7) is 2.55. The van der Waals surface area contributed by atoms with E-state index in [0.717, 1.165) is 35.4 Å². The number of piperidine rings is 1. The van der Waals surface area contributed by atoms with Gasteiger partial charge < -0.3 is 4.74 Å². The van der Waals surface area contributed by atoms with Gasteiger partial charge in [-0.1, -0.05) is 15.9 Å². The number of likely N-dealkylation sites (tertiary alicyclic amines) is 1. The number of ketones is 1. The van der Waals surface area contributed by atoms with Crippen LogP contribution in [0.4, 0.5) is 0 Å². The van der Waals surface area contributed by atoms with Gasteiger partial charge in [0.15, 0.2) is 0 Å². The highest BCUT2D eigenvalue weighted by Crippen LogP contribution is 2.25. The Bertz CT molecular complexity index is 410. The fraction of sp³-hybridized carbons (Fsp3) is 0.462. The molecule has 0 amide bonds. The van der Waals surface area contributed by atoms with E-state index in [9.17, 15) is 4.79 Å². The molecule has 0 spiro atoms. The van der Waals surface area contributed by atoms with Gasteiger partial charge in [-0.15, -0.1) is 0 Å². The minimum atomic E-state index is 0.377. The molecule has 1 aliphatic rings. The highest BCUT2D eigenvalue weighted by Gasteiger charge is 2.17. The van der Waals surface area contributed by atoms with Crippen molar-refractivity contribution in [3.63, 3.8) is 0 Å². The molecule has 17 heavy (non-hydrogen) atoms. The second-order valence-electron chi connectivity index (χ2n) is 4.27. The van der Waals surface area contributed by atoms with Gasteiger partial charge in [-0.25, -0.2) is 0 Å². The number of nitrogens with zero attached hydrogens (tertiary/aromatic N) is 1. The second kappa shape index (κ2) is 5.65. The van der Waals surface area contributed by atoms with Crippen LogP contribution in [0.2, 0.25) is 0 Å². The minimum absolute atomic E-state index is 0.377. The van der Waals surface area contributed by atoms with E-state index < -0.39 is 0 Å². The normalized spacial score (nSPS) is 17.2. The van der Waals surface area contributed by atoms with Crippen molar-refractivity contribution in [2.45, 2.75) is 19.4 Å². The molecule has 1 fully saturated rings. The summed E-state index contributed by atoms with van der Waals surface area (Å²) >= 11 is 3.47. The lowest BCUT2D eigenvalue weighted by atomic mass is 10.1. The van der Waals surface area contributed by atoms with Crippen molar-refractivity contribution in [1.29, 1.82) is 0 Å². The maximum Gasteiger partial charge on any atom is 0.135 e. The molecule has 3 nitrogen and oxygen atoms in total. The van der Waals surface area contributed by atoms with Gasteiger partial charge in [0.2, 0.25) is 0 Å². The van der Waals surface area contributed by atoms with Gasteiger partial charge in [0.25, 0.3) is 0 Å². The third-order valence-corrected chi connectivity index (χ3v) is 3.54. The summed E-state index contributed by atoms with van der Waals surface area (Å²) < 4.78 is 6.41. The lowest BCUT2D eigenvalue weighted by Crippen LogP contribution is -2.33. The summed E-state index contributed by atoms with van der Waals surface area (Å²) in [6, 6.07) is 6.02. The predicted molar refractivity (Wildman–Crippen MR) is 70.2 cm³/mol. The van der Waals surface area contributed by atoms with E-state index >= 15 is 0 Å². The van der Waals surface area contributed by atoms with Crippen LogP contribution in [-0.2, 0) is 11.3 Å². The zero-order chi connectivity index (χ0) is 12.3. The quantitative estimate of drug-likeness (QED) is 0.859. The van der Waals surface area contributed by atoms with Gasteiger partial charge in [-0.2, -0.15) is 0 Å². The van der Waals surface area contributed by atoms with Crippen LogP contribution in [0.5, 0.6) is 5.75 Å². The van der Waals surface area contributed by atoms with Gasteiger partial charge in [0.05, 0.1) is 7.11 Å². The van der Waals surface area contributed by atoms with Crippen molar-refractivity contribution >= 4 is 21.7 Å². The Morgan fingerprint density at radius 1 is 1.35 bits per heavy atom. The third kappa shape index (κ3) is 3.30. The predicted octanol–water partition coefficient (Wildman–Crippen LogP) is 2.62. The van der Waals surface area contributed by atoms with E-state index in [1.54, 1.807) is 7.11 Å². The van der Waals surface area contributed by atoms with E-state index in [1.807, 2.05) is 12.1 Å². The molecule has 1 aromatic carbocycles. The molecule has 0 N–H and O–H groups in total. The highest BCUT2D eigenvalue weighted by molar-refractivity contribution is 9.10. The molecule has 0 radical (unpaired) electrons. The molecule has 4 heteroatoms. The summed E-state index contributed by atoms with van der Waals surface area (Å²) in [4.78, 5) is 13.5. The van der Waals surface area contributed by atoms with Gasteiger partial charge in [-0.05, 0) is 18.2 Å². The molecule has 2 rings (SSSR count). The Labute approximate surface area is 110 Å². The number of carbonyl (C=O) groups excluding carboxylic acids is 1. The molecule has 0 saturated carbocycles. The van der Waals surface area contributed by atoms with Crippen molar-refractivity contribution in [3.05, 3.63) is 28.2 Å². The van der Waals surface area contributed by atoms with Crippen molar-refractivity contribution in [2.75, 3.05) is 20.2 Å². The number of benzene rings is 1. The Balaban J connectivity index is 2.07. The molecule has 1 heterocycles. The fourth-order valence-electron chi connectivity index (χ4n) is 2.07. The number of methoxy groups -OCH3 is 1. The smallest absolute Gasteiger partial charge is 0.135 e. The first-order chi connectivity index (χ1) is 8.19. The molecule has 92 valence electrons. The molecule has 1 aliphatic heterocycles. The number of rotatable bonds is 3. The minimum Gasteiger partial charge on any atom is -0.496 e. The van der Waals surface area contributed by atoms with Gasteiger partial charge in [0, 0.05) is 42.5 Å². The fourth-order valence-corrected chi connectivity index (χ4v) is 2.48. The van der Waals surface area contributed by atoms with Crippen molar-refractivity contribution < 1.29 is 9.53 Å². The van der Waals surface area contributed by atoms with Gasteiger partial charge >= 0.3 is 0 Å². The zero-order valence-electron chi connectivity index (χ0n) is 9.91. The first-order valence-electron chi connectivity index (χ1n) is 5.75. The van der Waals surface area contributed by atoms with E-state index in [2.05, 4.69) is 26.9 Å². The third-order valence-electron chi connectivity index (χ3n) is 3.05. The molecule has 0 aliphatic carbocycles. The molecule has 0 aromatic heterocycles. The van der Waals surface area contributed by atoms with E-state index in [-0.39, 0.29) is 0 Å². The first-order valence-corrected chi connectivity index (χ1v) is 6.55. The van der Waals surface area contributed by atoms with Gasteiger partial charge in [-0.3, -0.25) is 9.69 Å². The van der Waals surface area contributed by atoms with E-state index in [4.69, 9.17) is 4.74 Å². The number of Topliss-reactive ketones (excluding diaryl/α,β-unsaturated/α-hetero) is 1. The Morgan fingerprint density at radius 2 is 2.06 bits per heavy atom.